The molecule has 112 valence electrons. The van der Waals surface area contributed by atoms with E-state index in [-0.39, 0.29) is 10.6 Å². The van der Waals surface area contributed by atoms with Crippen molar-refractivity contribution in [1.82, 2.24) is 0 Å². The van der Waals surface area contributed by atoms with Crippen LogP contribution in [0.4, 0.5) is 11.4 Å². The molecule has 0 aliphatic carbocycles. The number of hydrogen-bond donors (Lipinski definition) is 2. The fourth-order valence-corrected chi connectivity index (χ4v) is 4.05. The van der Waals surface area contributed by atoms with E-state index >= 15 is 0 Å². The van der Waals surface area contributed by atoms with Gasteiger partial charge in [0.15, 0.2) is 0 Å². The van der Waals surface area contributed by atoms with E-state index in [9.17, 15) is 8.42 Å². The quantitative estimate of drug-likeness (QED) is 0.565. The van der Waals surface area contributed by atoms with Crippen LogP contribution in [0.25, 0.3) is 0 Å². The average molecular weight is 437 g/mol. The Balaban J connectivity index is 2.46. The van der Waals surface area contributed by atoms with Gasteiger partial charge in [-0.05, 0) is 77.9 Å². The van der Waals surface area contributed by atoms with Crippen LogP contribution < -0.4 is 10.5 Å². The van der Waals surface area contributed by atoms with Crippen molar-refractivity contribution in [2.75, 3.05) is 10.5 Å². The second-order valence-electron chi connectivity index (χ2n) is 4.70. The van der Waals surface area contributed by atoms with Crippen LogP contribution in [-0.2, 0) is 10.0 Å². The van der Waals surface area contributed by atoms with Crippen LogP contribution in [-0.4, -0.2) is 8.42 Å². The van der Waals surface area contributed by atoms with Gasteiger partial charge in [0.25, 0.3) is 10.0 Å². The van der Waals surface area contributed by atoms with Crippen LogP contribution >= 0.6 is 34.2 Å². The Morgan fingerprint density at radius 3 is 2.38 bits per heavy atom. The third kappa shape index (κ3) is 3.61. The Labute approximate surface area is 142 Å². The summed E-state index contributed by atoms with van der Waals surface area (Å²) in [5.74, 6) is 0. The molecule has 4 nitrogen and oxygen atoms in total. The molecule has 0 fully saturated rings. The van der Waals surface area contributed by atoms with Gasteiger partial charge < -0.3 is 5.73 Å². The predicted octanol–water partition coefficient (Wildman–Crippen LogP) is 3.94. The van der Waals surface area contributed by atoms with Gasteiger partial charge in [0.2, 0.25) is 0 Å². The first kappa shape index (κ1) is 16.4. The fraction of sp³-hybridized carbons (Fsp3) is 0.143. The Kier molecular flexibility index (Phi) is 4.69. The number of sulfonamides is 1. The van der Waals surface area contributed by atoms with E-state index in [1.807, 2.05) is 13.8 Å². The molecule has 0 unspecified atom stereocenters. The zero-order valence-electron chi connectivity index (χ0n) is 11.4. The normalized spacial score (nSPS) is 11.4. The van der Waals surface area contributed by atoms with Crippen molar-refractivity contribution in [3.63, 3.8) is 0 Å². The number of hydrogen-bond acceptors (Lipinski definition) is 3. The highest BCUT2D eigenvalue weighted by molar-refractivity contribution is 14.1. The van der Waals surface area contributed by atoms with E-state index < -0.39 is 10.0 Å². The molecule has 2 aromatic rings. The molecule has 0 aliphatic heterocycles. The summed E-state index contributed by atoms with van der Waals surface area (Å²) < 4.78 is 28.3. The molecule has 0 amide bonds. The third-order valence-electron chi connectivity index (χ3n) is 3.09. The van der Waals surface area contributed by atoms with E-state index in [0.29, 0.717) is 10.7 Å². The molecule has 0 radical (unpaired) electrons. The van der Waals surface area contributed by atoms with Crippen molar-refractivity contribution in [3.8, 4) is 0 Å². The molecular weight excluding hydrogens is 423 g/mol. The molecule has 3 N–H and O–H groups in total. The van der Waals surface area contributed by atoms with Crippen molar-refractivity contribution in [2.24, 2.45) is 0 Å². The summed E-state index contributed by atoms with van der Waals surface area (Å²) in [6.07, 6.45) is 0. The molecule has 0 aromatic heterocycles. The Hall–Kier alpha value is -0.990. The highest BCUT2D eigenvalue weighted by atomic mass is 127. The van der Waals surface area contributed by atoms with Crippen LogP contribution in [0.3, 0.4) is 0 Å². The summed E-state index contributed by atoms with van der Waals surface area (Å²) >= 11 is 8.16. The summed E-state index contributed by atoms with van der Waals surface area (Å²) in [5.41, 5.74) is 8.19. The molecule has 0 bridgehead atoms. The smallest absolute Gasteiger partial charge is 0.264 e. The molecule has 0 aliphatic rings. The molecule has 0 saturated heterocycles. The highest BCUT2D eigenvalue weighted by Crippen LogP contribution is 2.29. The molecule has 7 heteroatoms. The molecule has 21 heavy (non-hydrogen) atoms. The van der Waals surface area contributed by atoms with E-state index in [1.54, 1.807) is 30.3 Å². The van der Waals surface area contributed by atoms with Crippen LogP contribution in [0.1, 0.15) is 11.1 Å². The minimum absolute atomic E-state index is 0.0558. The number of nitrogen functional groups attached to an aromatic ring is 1. The first-order valence-electron chi connectivity index (χ1n) is 6.05. The zero-order valence-corrected chi connectivity index (χ0v) is 15.2. The lowest BCUT2D eigenvalue weighted by molar-refractivity contribution is 0.601. The minimum Gasteiger partial charge on any atom is -0.398 e. The molecular formula is C14H14ClIN2O2S. The largest absolute Gasteiger partial charge is 0.398 e. The maximum atomic E-state index is 12.5. The van der Waals surface area contributed by atoms with Crippen LogP contribution in [0, 0.1) is 17.4 Å². The van der Waals surface area contributed by atoms with Crippen LogP contribution in [0.5, 0.6) is 0 Å². The number of nitrogens with two attached hydrogens (primary N) is 1. The lowest BCUT2D eigenvalue weighted by Crippen LogP contribution is -2.15. The van der Waals surface area contributed by atoms with Crippen molar-refractivity contribution in [1.29, 1.82) is 0 Å². The molecule has 2 aromatic carbocycles. The summed E-state index contributed by atoms with van der Waals surface area (Å²) in [4.78, 5) is 0.0558. The van der Waals surface area contributed by atoms with E-state index in [0.717, 1.165) is 14.7 Å². The summed E-state index contributed by atoms with van der Waals surface area (Å²) in [6.45, 7) is 3.72. The maximum Gasteiger partial charge on any atom is 0.264 e. The summed E-state index contributed by atoms with van der Waals surface area (Å²) in [6, 6.07) is 8.30. The number of halogens is 2. The van der Waals surface area contributed by atoms with Crippen molar-refractivity contribution in [2.45, 2.75) is 18.7 Å². The summed E-state index contributed by atoms with van der Waals surface area (Å²) in [7, 11) is -3.78. The van der Waals surface area contributed by atoms with Gasteiger partial charge in [0, 0.05) is 3.57 Å². The fourth-order valence-electron chi connectivity index (χ4n) is 1.82. The topological polar surface area (TPSA) is 72.2 Å². The number of benzene rings is 2. The van der Waals surface area contributed by atoms with Gasteiger partial charge in [0.1, 0.15) is 4.90 Å². The Morgan fingerprint density at radius 2 is 1.76 bits per heavy atom. The molecule has 0 heterocycles. The Bertz CT molecular complexity index is 807. The van der Waals surface area contributed by atoms with Crippen LogP contribution in [0.15, 0.2) is 35.2 Å². The minimum atomic E-state index is -3.78. The number of rotatable bonds is 3. The monoisotopic (exact) mass is 436 g/mol. The van der Waals surface area contributed by atoms with Crippen molar-refractivity contribution in [3.05, 3.63) is 50.1 Å². The van der Waals surface area contributed by atoms with Gasteiger partial charge in [-0.2, -0.15) is 0 Å². The van der Waals surface area contributed by atoms with E-state index in [1.165, 1.54) is 0 Å². The van der Waals surface area contributed by atoms with Gasteiger partial charge in [0.05, 0.1) is 16.4 Å². The lowest BCUT2D eigenvalue weighted by Gasteiger charge is -2.13. The first-order valence-corrected chi connectivity index (χ1v) is 8.99. The zero-order chi connectivity index (χ0) is 15.8. The van der Waals surface area contributed by atoms with Gasteiger partial charge in [-0.25, -0.2) is 8.42 Å². The van der Waals surface area contributed by atoms with Gasteiger partial charge >= 0.3 is 0 Å². The van der Waals surface area contributed by atoms with Crippen LogP contribution in [0.2, 0.25) is 5.02 Å². The van der Waals surface area contributed by atoms with Crippen molar-refractivity contribution < 1.29 is 8.42 Å². The number of aryl methyl sites for hydroxylation is 2. The summed E-state index contributed by atoms with van der Waals surface area (Å²) in [5, 5.41) is 0.341. The second kappa shape index (κ2) is 6.02. The molecule has 0 spiro atoms. The van der Waals surface area contributed by atoms with Gasteiger partial charge in [-0.15, -0.1) is 0 Å². The predicted molar refractivity (Wildman–Crippen MR) is 95.3 cm³/mol. The number of anilines is 2. The molecule has 0 atom stereocenters. The second-order valence-corrected chi connectivity index (χ2v) is 8.01. The molecule has 0 saturated carbocycles. The van der Waals surface area contributed by atoms with E-state index in [4.69, 9.17) is 17.3 Å². The third-order valence-corrected chi connectivity index (χ3v) is 5.50. The van der Waals surface area contributed by atoms with E-state index in [2.05, 4.69) is 27.3 Å². The maximum absolute atomic E-state index is 12.5. The lowest BCUT2D eigenvalue weighted by atomic mass is 10.1. The first-order chi connectivity index (χ1) is 9.70. The average Bonchev–Trinajstić information content (AvgIpc) is 2.37. The Morgan fingerprint density at radius 1 is 1.14 bits per heavy atom. The van der Waals surface area contributed by atoms with Gasteiger partial charge in [-0.1, -0.05) is 11.6 Å². The van der Waals surface area contributed by atoms with Crippen molar-refractivity contribution >= 4 is 55.6 Å². The SMILES string of the molecule is Cc1cc(N)c(S(=O)(=O)Nc2ccc(I)cc2Cl)cc1C. The molecule has 2 rings (SSSR count). The standard InChI is InChI=1S/C14H14ClIN2O2S/c1-8-5-12(17)14(6-9(8)2)21(19,20)18-13-4-3-10(16)7-11(13)15/h3-7,18H,17H2,1-2H3. The number of nitrogens with one attached hydrogen (secondary N) is 1. The highest BCUT2D eigenvalue weighted by Gasteiger charge is 2.19. The van der Waals surface area contributed by atoms with Gasteiger partial charge in [-0.3, -0.25) is 4.72 Å².